The molecule has 0 amide bonds. The SMILES string of the molecule is COc1ccc(CNC(Cc2c[nH]c3ccccc23)c2ncc(-c3ccccc3)[nH]2)cc1. The van der Waals surface area contributed by atoms with E-state index in [9.17, 15) is 0 Å². The molecule has 5 heteroatoms. The molecule has 3 aromatic carbocycles. The molecule has 0 aliphatic rings. The summed E-state index contributed by atoms with van der Waals surface area (Å²) in [4.78, 5) is 11.7. The van der Waals surface area contributed by atoms with E-state index in [-0.39, 0.29) is 6.04 Å². The van der Waals surface area contributed by atoms with E-state index in [0.717, 1.165) is 41.3 Å². The van der Waals surface area contributed by atoms with E-state index >= 15 is 0 Å². The third kappa shape index (κ3) is 4.29. The Morgan fingerprint density at radius 2 is 1.72 bits per heavy atom. The lowest BCUT2D eigenvalue weighted by Crippen LogP contribution is -2.24. The third-order valence-electron chi connectivity index (χ3n) is 5.82. The van der Waals surface area contributed by atoms with Crippen molar-refractivity contribution in [1.82, 2.24) is 20.3 Å². The van der Waals surface area contributed by atoms with E-state index in [4.69, 9.17) is 9.72 Å². The second-order valence-electron chi connectivity index (χ2n) is 7.89. The number of benzene rings is 3. The number of methoxy groups -OCH3 is 1. The van der Waals surface area contributed by atoms with Crippen molar-refractivity contribution < 1.29 is 4.74 Å². The van der Waals surface area contributed by atoms with E-state index in [1.165, 1.54) is 16.5 Å². The average molecular weight is 423 g/mol. The minimum absolute atomic E-state index is 0.0359. The molecular weight excluding hydrogens is 396 g/mol. The zero-order valence-corrected chi connectivity index (χ0v) is 18.0. The number of fused-ring (bicyclic) bond motifs is 1. The molecule has 0 radical (unpaired) electrons. The Labute approximate surface area is 187 Å². The molecule has 32 heavy (non-hydrogen) atoms. The van der Waals surface area contributed by atoms with Crippen LogP contribution >= 0.6 is 0 Å². The van der Waals surface area contributed by atoms with E-state index in [1.807, 2.05) is 36.5 Å². The van der Waals surface area contributed by atoms with Gasteiger partial charge in [-0.25, -0.2) is 4.98 Å². The highest BCUT2D eigenvalue weighted by molar-refractivity contribution is 5.83. The normalized spacial score (nSPS) is 12.2. The lowest BCUT2D eigenvalue weighted by molar-refractivity contribution is 0.414. The summed E-state index contributed by atoms with van der Waals surface area (Å²) < 4.78 is 5.28. The molecular formula is C27H26N4O. The predicted octanol–water partition coefficient (Wildman–Crippen LogP) is 5.64. The highest BCUT2D eigenvalue weighted by atomic mass is 16.5. The number of aromatic amines is 2. The van der Waals surface area contributed by atoms with Crippen LogP contribution in [0.2, 0.25) is 0 Å². The van der Waals surface area contributed by atoms with Crippen LogP contribution in [-0.2, 0) is 13.0 Å². The number of imidazole rings is 1. The monoisotopic (exact) mass is 422 g/mol. The Morgan fingerprint density at radius 1 is 0.938 bits per heavy atom. The first-order chi connectivity index (χ1) is 15.8. The summed E-state index contributed by atoms with van der Waals surface area (Å²) in [6, 6.07) is 26.9. The van der Waals surface area contributed by atoms with Crippen molar-refractivity contribution in [3.8, 4) is 17.0 Å². The predicted molar refractivity (Wildman–Crippen MR) is 129 cm³/mol. The minimum atomic E-state index is 0.0359. The Morgan fingerprint density at radius 3 is 2.53 bits per heavy atom. The first kappa shape index (κ1) is 20.1. The molecule has 3 N–H and O–H groups in total. The number of rotatable bonds is 8. The molecule has 1 atom stereocenters. The summed E-state index contributed by atoms with van der Waals surface area (Å²) in [5, 5.41) is 4.96. The lowest BCUT2D eigenvalue weighted by Gasteiger charge is -2.17. The van der Waals surface area contributed by atoms with Crippen molar-refractivity contribution >= 4 is 10.9 Å². The van der Waals surface area contributed by atoms with Crippen LogP contribution in [0.25, 0.3) is 22.2 Å². The van der Waals surface area contributed by atoms with E-state index in [1.54, 1.807) is 7.11 Å². The van der Waals surface area contributed by atoms with Crippen molar-refractivity contribution in [2.24, 2.45) is 0 Å². The topological polar surface area (TPSA) is 65.7 Å². The molecule has 0 saturated carbocycles. The van der Waals surface area contributed by atoms with Gasteiger partial charge in [-0.1, -0.05) is 60.7 Å². The number of nitrogens with zero attached hydrogens (tertiary/aromatic N) is 1. The number of hydrogen-bond acceptors (Lipinski definition) is 3. The molecule has 0 aliphatic heterocycles. The highest BCUT2D eigenvalue weighted by Gasteiger charge is 2.18. The molecule has 0 aliphatic carbocycles. The summed E-state index contributed by atoms with van der Waals surface area (Å²) in [6.07, 6.45) is 4.84. The van der Waals surface area contributed by atoms with Gasteiger partial charge in [0.25, 0.3) is 0 Å². The van der Waals surface area contributed by atoms with Crippen LogP contribution in [0.5, 0.6) is 5.75 Å². The third-order valence-corrected chi connectivity index (χ3v) is 5.82. The van der Waals surface area contributed by atoms with Gasteiger partial charge in [0.05, 0.1) is 25.0 Å². The van der Waals surface area contributed by atoms with Crippen LogP contribution in [0.15, 0.2) is 91.3 Å². The van der Waals surface area contributed by atoms with Gasteiger partial charge in [-0.05, 0) is 41.3 Å². The van der Waals surface area contributed by atoms with Crippen LogP contribution in [0, 0.1) is 0 Å². The van der Waals surface area contributed by atoms with Crippen molar-refractivity contribution in [3.05, 3.63) is 108 Å². The molecule has 2 heterocycles. The summed E-state index contributed by atoms with van der Waals surface area (Å²) in [5.41, 5.74) is 5.78. The average Bonchev–Trinajstić information content (AvgIpc) is 3.50. The molecule has 160 valence electrons. The molecule has 5 aromatic rings. The first-order valence-corrected chi connectivity index (χ1v) is 10.8. The summed E-state index contributed by atoms with van der Waals surface area (Å²) in [7, 11) is 1.69. The number of aromatic nitrogens is 3. The summed E-state index contributed by atoms with van der Waals surface area (Å²) in [5.74, 6) is 1.80. The van der Waals surface area contributed by atoms with Gasteiger partial charge < -0.3 is 20.0 Å². The zero-order valence-electron chi connectivity index (χ0n) is 18.0. The molecule has 1 unspecified atom stereocenters. The number of para-hydroxylation sites is 1. The van der Waals surface area contributed by atoms with E-state index < -0.39 is 0 Å². The fourth-order valence-electron chi connectivity index (χ4n) is 4.05. The molecule has 5 rings (SSSR count). The van der Waals surface area contributed by atoms with Gasteiger partial charge >= 0.3 is 0 Å². The van der Waals surface area contributed by atoms with Crippen molar-refractivity contribution in [1.29, 1.82) is 0 Å². The van der Waals surface area contributed by atoms with Crippen molar-refractivity contribution in [3.63, 3.8) is 0 Å². The standard InChI is InChI=1S/C27H26N4O/c1-32-22-13-11-19(12-14-22)16-28-25(15-21-17-29-24-10-6-5-9-23(21)24)27-30-18-26(31-27)20-7-3-2-4-8-20/h2-14,17-18,25,28-29H,15-16H2,1H3,(H,30,31). The summed E-state index contributed by atoms with van der Waals surface area (Å²) in [6.45, 7) is 0.735. The maximum absolute atomic E-state index is 5.28. The molecule has 5 nitrogen and oxygen atoms in total. The van der Waals surface area contributed by atoms with Gasteiger partial charge in [0.15, 0.2) is 0 Å². The Hall–Kier alpha value is -3.83. The first-order valence-electron chi connectivity index (χ1n) is 10.8. The van der Waals surface area contributed by atoms with Crippen LogP contribution < -0.4 is 10.1 Å². The second kappa shape index (κ2) is 9.12. The van der Waals surface area contributed by atoms with Crippen LogP contribution in [0.4, 0.5) is 0 Å². The molecule has 0 bridgehead atoms. The Balaban J connectivity index is 1.42. The molecule has 0 spiro atoms. The van der Waals surface area contributed by atoms with E-state index in [0.29, 0.717) is 0 Å². The molecule has 0 saturated heterocycles. The quantitative estimate of drug-likeness (QED) is 0.303. The Kier molecular flexibility index (Phi) is 5.73. The van der Waals surface area contributed by atoms with Gasteiger partial charge in [0.1, 0.15) is 11.6 Å². The van der Waals surface area contributed by atoms with Crippen LogP contribution in [-0.4, -0.2) is 22.1 Å². The zero-order chi connectivity index (χ0) is 21.8. The molecule has 2 aromatic heterocycles. The number of nitrogens with one attached hydrogen (secondary N) is 3. The fourth-order valence-corrected chi connectivity index (χ4v) is 4.05. The lowest BCUT2D eigenvalue weighted by atomic mass is 10.0. The van der Waals surface area contributed by atoms with Crippen LogP contribution in [0.1, 0.15) is 23.0 Å². The smallest absolute Gasteiger partial charge is 0.124 e. The number of hydrogen-bond donors (Lipinski definition) is 3. The highest BCUT2D eigenvalue weighted by Crippen LogP contribution is 2.26. The summed E-state index contributed by atoms with van der Waals surface area (Å²) >= 11 is 0. The van der Waals surface area contributed by atoms with Crippen molar-refractivity contribution in [2.45, 2.75) is 19.0 Å². The fraction of sp³-hybridized carbons (Fsp3) is 0.148. The van der Waals surface area contributed by atoms with Gasteiger partial charge in [0.2, 0.25) is 0 Å². The largest absolute Gasteiger partial charge is 0.497 e. The van der Waals surface area contributed by atoms with Gasteiger partial charge in [0, 0.05) is 23.6 Å². The maximum Gasteiger partial charge on any atom is 0.124 e. The van der Waals surface area contributed by atoms with E-state index in [2.05, 4.69) is 70.0 Å². The maximum atomic E-state index is 5.28. The van der Waals surface area contributed by atoms with Gasteiger partial charge in [-0.15, -0.1) is 0 Å². The number of ether oxygens (including phenoxy) is 1. The number of H-pyrrole nitrogens is 2. The molecule has 0 fully saturated rings. The minimum Gasteiger partial charge on any atom is -0.497 e. The van der Waals surface area contributed by atoms with Gasteiger partial charge in [-0.3, -0.25) is 0 Å². The Bertz CT molecular complexity index is 1290. The second-order valence-corrected chi connectivity index (χ2v) is 7.89. The van der Waals surface area contributed by atoms with Crippen molar-refractivity contribution in [2.75, 3.05) is 7.11 Å². The van der Waals surface area contributed by atoms with Gasteiger partial charge in [-0.2, -0.15) is 0 Å². The van der Waals surface area contributed by atoms with Crippen LogP contribution in [0.3, 0.4) is 0 Å².